The third-order valence-electron chi connectivity index (χ3n) is 6.14. The second-order valence-electron chi connectivity index (χ2n) is 9.94. The molecule has 0 radical (unpaired) electrons. The quantitative estimate of drug-likeness (QED) is 0.0514. The smallest absolute Gasteiger partial charge is 0.326 e. The molecule has 44 heavy (non-hydrogen) atoms. The molecule has 3 amide bonds. The maximum absolute atomic E-state index is 12.1. The summed E-state index contributed by atoms with van der Waals surface area (Å²) < 4.78 is 20.7. The normalized spacial score (nSPS) is 11.5. The first kappa shape index (κ1) is 40.9. The van der Waals surface area contributed by atoms with Crippen LogP contribution >= 0.6 is 0 Å². The summed E-state index contributed by atoms with van der Waals surface area (Å²) in [7, 11) is 0. The summed E-state index contributed by atoms with van der Waals surface area (Å²) in [5.41, 5.74) is 0. The van der Waals surface area contributed by atoms with Gasteiger partial charge in [-0.3, -0.25) is 19.2 Å². The number of carboxylic acid groups (broad SMARTS) is 2. The predicted octanol–water partition coefficient (Wildman–Crippen LogP) is 0.819. The Hall–Kier alpha value is -3.14. The monoisotopic (exact) mass is 633 g/mol. The predicted molar refractivity (Wildman–Crippen MR) is 158 cm³/mol. The van der Waals surface area contributed by atoms with Gasteiger partial charge in [0.05, 0.1) is 39.6 Å². The minimum absolute atomic E-state index is 0.0262. The van der Waals surface area contributed by atoms with E-state index in [4.69, 9.17) is 24.1 Å². The van der Waals surface area contributed by atoms with Gasteiger partial charge in [-0.15, -0.1) is 0 Å². The van der Waals surface area contributed by atoms with Gasteiger partial charge in [-0.2, -0.15) is 0 Å². The molecule has 0 saturated heterocycles. The summed E-state index contributed by atoms with van der Waals surface area (Å²) in [5, 5.41) is 25.7. The summed E-state index contributed by atoms with van der Waals surface area (Å²) >= 11 is 0. The highest BCUT2D eigenvalue weighted by molar-refractivity contribution is 5.84. The Balaban J connectivity index is 3.71. The lowest BCUT2D eigenvalue weighted by atomic mass is 10.1. The summed E-state index contributed by atoms with van der Waals surface area (Å²) in [6.07, 6.45) is 8.06. The van der Waals surface area contributed by atoms with E-state index in [9.17, 15) is 33.9 Å². The number of nitrogens with one attached hydrogen (secondary N) is 3. The van der Waals surface area contributed by atoms with Crippen LogP contribution in [0.5, 0.6) is 0 Å². The van der Waals surface area contributed by atoms with E-state index >= 15 is 0 Å². The minimum atomic E-state index is -1.20. The fraction of sp³-hybridized carbons (Fsp3) is 0.793. The van der Waals surface area contributed by atoms with Crippen molar-refractivity contribution >= 4 is 35.9 Å². The molecular weight excluding hydrogens is 582 g/mol. The Labute approximate surface area is 259 Å². The molecule has 0 heterocycles. The van der Waals surface area contributed by atoms with Crippen LogP contribution in [0.4, 0.5) is 0 Å². The van der Waals surface area contributed by atoms with E-state index in [1.54, 1.807) is 0 Å². The van der Waals surface area contributed by atoms with Crippen LogP contribution in [0.1, 0.15) is 77.0 Å². The molecule has 0 aromatic carbocycles. The molecule has 254 valence electrons. The van der Waals surface area contributed by atoms with Crippen molar-refractivity contribution in [3.63, 3.8) is 0 Å². The Morgan fingerprint density at radius 2 is 1.11 bits per heavy atom. The number of carboxylic acids is 2. The molecule has 15 heteroatoms. The van der Waals surface area contributed by atoms with Crippen molar-refractivity contribution in [1.82, 2.24) is 16.0 Å². The van der Waals surface area contributed by atoms with Crippen molar-refractivity contribution in [3.8, 4) is 0 Å². The topological polar surface area (TPSA) is 216 Å². The van der Waals surface area contributed by atoms with Crippen LogP contribution in [-0.4, -0.2) is 118 Å². The molecule has 0 unspecified atom stereocenters. The molecule has 0 saturated carbocycles. The van der Waals surface area contributed by atoms with Crippen molar-refractivity contribution in [3.05, 3.63) is 0 Å². The van der Waals surface area contributed by atoms with Crippen LogP contribution in [0.15, 0.2) is 0 Å². The molecule has 5 N–H and O–H groups in total. The molecule has 0 aliphatic rings. The Kier molecular flexibility index (Phi) is 27.8. The number of rotatable bonds is 32. The number of unbranched alkanes of at least 4 members (excludes halogenated alkanes) is 7. The van der Waals surface area contributed by atoms with E-state index in [-0.39, 0.29) is 83.0 Å². The number of ether oxygens (including phenoxy) is 4. The van der Waals surface area contributed by atoms with E-state index in [1.807, 2.05) is 0 Å². The van der Waals surface area contributed by atoms with Crippen LogP contribution in [0.3, 0.4) is 0 Å². The molecule has 0 bridgehead atoms. The maximum atomic E-state index is 12.1. The highest BCUT2D eigenvalue weighted by atomic mass is 16.5. The van der Waals surface area contributed by atoms with Gasteiger partial charge < -0.3 is 49.9 Å². The van der Waals surface area contributed by atoms with Gasteiger partial charge in [0.1, 0.15) is 25.5 Å². The number of carbonyl (C=O) groups excluding carboxylic acids is 4. The highest BCUT2D eigenvalue weighted by Gasteiger charge is 2.20. The molecule has 0 aromatic heterocycles. The molecule has 1 atom stereocenters. The maximum Gasteiger partial charge on any atom is 0.326 e. The number of carbonyl (C=O) groups is 6. The van der Waals surface area contributed by atoms with Crippen molar-refractivity contribution < 1.29 is 57.9 Å². The van der Waals surface area contributed by atoms with Crippen LogP contribution < -0.4 is 16.0 Å². The minimum Gasteiger partial charge on any atom is -0.481 e. The molecule has 0 rings (SSSR count). The van der Waals surface area contributed by atoms with Crippen molar-refractivity contribution in [2.24, 2.45) is 0 Å². The zero-order chi connectivity index (χ0) is 32.7. The number of amides is 3. The van der Waals surface area contributed by atoms with Crippen LogP contribution in [0.25, 0.3) is 0 Å². The Bertz CT molecular complexity index is 812. The number of aliphatic carboxylic acids is 2. The third kappa shape index (κ3) is 29.0. The van der Waals surface area contributed by atoms with Crippen molar-refractivity contribution in [2.45, 2.75) is 83.1 Å². The summed E-state index contributed by atoms with van der Waals surface area (Å²) in [4.78, 5) is 67.9. The van der Waals surface area contributed by atoms with Gasteiger partial charge in [-0.05, 0) is 19.3 Å². The van der Waals surface area contributed by atoms with Gasteiger partial charge in [0.15, 0.2) is 0 Å². The van der Waals surface area contributed by atoms with Gasteiger partial charge in [-0.1, -0.05) is 38.5 Å². The number of hydrogen-bond acceptors (Lipinski definition) is 10. The van der Waals surface area contributed by atoms with E-state index < -0.39 is 18.0 Å². The first-order valence-corrected chi connectivity index (χ1v) is 15.3. The molecule has 15 nitrogen and oxygen atoms in total. The lowest BCUT2D eigenvalue weighted by Gasteiger charge is -2.14. The number of aldehydes is 1. The standard InChI is InChI=1S/C29H51N3O12/c33-15-18-43-20-19-41-17-14-31-27(36)23-44-22-21-42-16-13-30-25(34)12-11-24(29(39)40)32-26(35)9-7-5-3-1-2-4-6-8-10-28(37)38/h15,24H,1-14,16-23H2,(H,30,34)(H,31,36)(H,32,35)(H,37,38)(H,39,40)/t24-/m0/s1. The lowest BCUT2D eigenvalue weighted by Crippen LogP contribution is -2.41. The van der Waals surface area contributed by atoms with Crippen molar-refractivity contribution in [1.29, 1.82) is 0 Å². The molecule has 0 aliphatic carbocycles. The Morgan fingerprint density at radius 1 is 0.591 bits per heavy atom. The summed E-state index contributed by atoms with van der Waals surface area (Å²) in [6.45, 7) is 1.95. The van der Waals surface area contributed by atoms with E-state index in [0.717, 1.165) is 38.5 Å². The second kappa shape index (κ2) is 29.9. The van der Waals surface area contributed by atoms with Gasteiger partial charge >= 0.3 is 11.9 Å². The lowest BCUT2D eigenvalue weighted by molar-refractivity contribution is -0.142. The van der Waals surface area contributed by atoms with Gasteiger partial charge in [0.2, 0.25) is 17.7 Å². The molecule has 0 spiro atoms. The largest absolute Gasteiger partial charge is 0.481 e. The molecular formula is C29H51N3O12. The zero-order valence-electron chi connectivity index (χ0n) is 25.7. The average molecular weight is 634 g/mol. The highest BCUT2D eigenvalue weighted by Crippen LogP contribution is 2.11. The van der Waals surface area contributed by atoms with Crippen LogP contribution in [0, 0.1) is 0 Å². The zero-order valence-corrected chi connectivity index (χ0v) is 25.7. The molecule has 0 aliphatic heterocycles. The van der Waals surface area contributed by atoms with Gasteiger partial charge in [0, 0.05) is 32.4 Å². The van der Waals surface area contributed by atoms with E-state index in [1.165, 1.54) is 0 Å². The van der Waals surface area contributed by atoms with Gasteiger partial charge in [-0.25, -0.2) is 4.79 Å². The van der Waals surface area contributed by atoms with Crippen molar-refractivity contribution in [2.75, 3.05) is 65.9 Å². The van der Waals surface area contributed by atoms with E-state index in [2.05, 4.69) is 16.0 Å². The van der Waals surface area contributed by atoms with E-state index in [0.29, 0.717) is 45.5 Å². The SMILES string of the molecule is O=CCOCCOCCNC(=O)COCCOCCNC(=O)CC[C@H](NC(=O)CCCCCCCCCCC(=O)O)C(=O)O. The van der Waals surface area contributed by atoms with Crippen LogP contribution in [0.2, 0.25) is 0 Å². The molecule has 0 aromatic rings. The number of hydrogen-bond donors (Lipinski definition) is 5. The molecule has 0 fully saturated rings. The summed E-state index contributed by atoms with van der Waals surface area (Å²) in [6, 6.07) is -1.15. The summed E-state index contributed by atoms with van der Waals surface area (Å²) in [5.74, 6) is -2.99. The third-order valence-corrected chi connectivity index (χ3v) is 6.14. The van der Waals surface area contributed by atoms with Gasteiger partial charge in [0.25, 0.3) is 0 Å². The first-order chi connectivity index (χ1) is 21.3. The first-order valence-electron chi connectivity index (χ1n) is 15.3. The second-order valence-corrected chi connectivity index (χ2v) is 9.94. The van der Waals surface area contributed by atoms with Crippen LogP contribution in [-0.2, 0) is 47.7 Å². The Morgan fingerprint density at radius 3 is 1.68 bits per heavy atom. The fourth-order valence-electron chi connectivity index (χ4n) is 3.82. The fourth-order valence-corrected chi connectivity index (χ4v) is 3.82. The average Bonchev–Trinajstić information content (AvgIpc) is 2.98.